The van der Waals surface area contributed by atoms with Gasteiger partial charge in [-0.25, -0.2) is 0 Å². The highest BCUT2D eigenvalue weighted by Gasteiger charge is 2.38. The van der Waals surface area contributed by atoms with Crippen molar-refractivity contribution >= 4 is 30.7 Å². The summed E-state index contributed by atoms with van der Waals surface area (Å²) in [5.41, 5.74) is 6.78. The van der Waals surface area contributed by atoms with Crippen molar-refractivity contribution in [3.63, 3.8) is 0 Å². The number of piperidine rings is 1. The van der Waals surface area contributed by atoms with Gasteiger partial charge >= 0.3 is 0 Å². The number of carbonyl (C=O) groups excluding carboxylic acids is 1. The van der Waals surface area contributed by atoms with E-state index in [1.165, 1.54) is 5.56 Å². The van der Waals surface area contributed by atoms with Crippen molar-refractivity contribution in [2.75, 3.05) is 19.6 Å². The van der Waals surface area contributed by atoms with E-state index in [4.69, 9.17) is 5.73 Å². The van der Waals surface area contributed by atoms with Gasteiger partial charge in [0, 0.05) is 25.8 Å². The van der Waals surface area contributed by atoms with Gasteiger partial charge in [0.05, 0.1) is 11.6 Å². The first-order valence-electron chi connectivity index (χ1n) is 7.65. The number of H-pyrrole nitrogens is 1. The van der Waals surface area contributed by atoms with Crippen LogP contribution in [0.25, 0.3) is 0 Å². The van der Waals surface area contributed by atoms with Gasteiger partial charge in [0.25, 0.3) is 0 Å². The van der Waals surface area contributed by atoms with Crippen molar-refractivity contribution < 1.29 is 4.79 Å². The molecule has 22 heavy (non-hydrogen) atoms. The molecule has 1 aromatic heterocycles. The van der Waals surface area contributed by atoms with Crippen LogP contribution in [0.2, 0.25) is 0 Å². The first-order chi connectivity index (χ1) is 9.66. The summed E-state index contributed by atoms with van der Waals surface area (Å²) in [6.07, 6.45) is 7.52. The third kappa shape index (κ3) is 4.15. The Kier molecular flexibility index (Phi) is 9.05. The average Bonchev–Trinajstić information content (AvgIpc) is 3.04. The average molecular weight is 351 g/mol. The quantitative estimate of drug-likeness (QED) is 0.857. The summed E-state index contributed by atoms with van der Waals surface area (Å²) < 4.78 is 0. The van der Waals surface area contributed by atoms with Crippen molar-refractivity contribution in [2.45, 2.75) is 45.4 Å². The van der Waals surface area contributed by atoms with Crippen molar-refractivity contribution in [3.8, 4) is 0 Å². The smallest absolute Gasteiger partial charge is 0.230 e. The highest BCUT2D eigenvalue weighted by atomic mass is 35.5. The molecule has 1 amide bonds. The van der Waals surface area contributed by atoms with E-state index in [1.807, 2.05) is 17.3 Å². The van der Waals surface area contributed by atoms with E-state index in [2.05, 4.69) is 24.0 Å². The molecule has 0 aromatic carbocycles. The third-order valence-electron chi connectivity index (χ3n) is 4.97. The van der Waals surface area contributed by atoms with Crippen LogP contribution in [0.5, 0.6) is 0 Å². The van der Waals surface area contributed by atoms with Crippen LogP contribution >= 0.6 is 24.8 Å². The summed E-state index contributed by atoms with van der Waals surface area (Å²) in [6.45, 7) is 6.23. The van der Waals surface area contributed by atoms with E-state index in [0.29, 0.717) is 12.5 Å². The van der Waals surface area contributed by atoms with Crippen LogP contribution in [0, 0.1) is 5.41 Å². The summed E-state index contributed by atoms with van der Waals surface area (Å²) >= 11 is 0. The van der Waals surface area contributed by atoms with Gasteiger partial charge < -0.3 is 10.6 Å². The maximum absolute atomic E-state index is 12.7. The number of aromatic amines is 1. The van der Waals surface area contributed by atoms with Crippen LogP contribution in [0.1, 0.15) is 51.0 Å². The number of aromatic nitrogens is 2. The molecule has 1 aliphatic rings. The van der Waals surface area contributed by atoms with E-state index in [0.717, 1.165) is 38.8 Å². The minimum atomic E-state index is -0.359. The number of likely N-dealkylation sites (tertiary alicyclic amines) is 1. The largest absolute Gasteiger partial charge is 0.342 e. The number of hydrogen-bond acceptors (Lipinski definition) is 3. The topological polar surface area (TPSA) is 75.0 Å². The van der Waals surface area contributed by atoms with Gasteiger partial charge in [0.2, 0.25) is 5.91 Å². The Labute approximate surface area is 145 Å². The molecule has 0 spiro atoms. The molecule has 3 N–H and O–H groups in total. The Hall–Kier alpha value is -0.780. The molecule has 1 fully saturated rings. The van der Waals surface area contributed by atoms with Crippen molar-refractivity contribution in [1.82, 2.24) is 15.1 Å². The Balaban J connectivity index is 0.00000220. The first-order valence-corrected chi connectivity index (χ1v) is 7.65. The van der Waals surface area contributed by atoms with E-state index < -0.39 is 0 Å². The first kappa shape index (κ1) is 21.2. The molecule has 1 aromatic rings. The van der Waals surface area contributed by atoms with Crippen molar-refractivity contribution in [1.29, 1.82) is 0 Å². The van der Waals surface area contributed by atoms with Gasteiger partial charge in [-0.2, -0.15) is 5.10 Å². The van der Waals surface area contributed by atoms with Crippen LogP contribution in [0.3, 0.4) is 0 Å². The molecule has 2 rings (SSSR count). The highest BCUT2D eigenvalue weighted by molar-refractivity contribution is 5.85. The lowest BCUT2D eigenvalue weighted by Crippen LogP contribution is -2.49. The second kappa shape index (κ2) is 9.38. The number of rotatable bonds is 5. The predicted octanol–water partition coefficient (Wildman–Crippen LogP) is 2.72. The van der Waals surface area contributed by atoms with E-state index in [-0.39, 0.29) is 36.1 Å². The third-order valence-corrected chi connectivity index (χ3v) is 4.97. The lowest BCUT2D eigenvalue weighted by molar-refractivity contribution is -0.143. The molecule has 128 valence electrons. The fourth-order valence-corrected chi connectivity index (χ4v) is 3.16. The molecule has 0 unspecified atom stereocenters. The Morgan fingerprint density at radius 1 is 1.36 bits per heavy atom. The molecule has 0 bridgehead atoms. The number of amides is 1. The molecular formula is C15H28Cl2N4O. The zero-order chi connectivity index (χ0) is 14.6. The Morgan fingerprint density at radius 3 is 2.36 bits per heavy atom. The van der Waals surface area contributed by atoms with Crippen LogP contribution in [0.15, 0.2) is 12.4 Å². The fourth-order valence-electron chi connectivity index (χ4n) is 3.16. The van der Waals surface area contributed by atoms with Crippen molar-refractivity contribution in [2.24, 2.45) is 11.1 Å². The summed E-state index contributed by atoms with van der Waals surface area (Å²) in [4.78, 5) is 14.7. The maximum Gasteiger partial charge on any atom is 0.230 e. The van der Waals surface area contributed by atoms with Crippen LogP contribution in [-0.4, -0.2) is 40.6 Å². The number of nitrogens with one attached hydrogen (secondary N) is 1. The second-order valence-electron chi connectivity index (χ2n) is 5.79. The fraction of sp³-hybridized carbons (Fsp3) is 0.733. The molecule has 0 atom stereocenters. The molecule has 1 aliphatic heterocycles. The highest BCUT2D eigenvalue weighted by Crippen LogP contribution is 2.32. The SMILES string of the molecule is CCC(CC)(CN)C(=O)N1CCC(c2cn[nH]c2)CC1.Cl.Cl. The molecule has 0 radical (unpaired) electrons. The van der Waals surface area contributed by atoms with Gasteiger partial charge in [-0.05, 0) is 37.2 Å². The molecule has 7 heteroatoms. The summed E-state index contributed by atoms with van der Waals surface area (Å²) in [5, 5.41) is 6.87. The van der Waals surface area contributed by atoms with Crippen LogP contribution in [0.4, 0.5) is 0 Å². The van der Waals surface area contributed by atoms with Crippen molar-refractivity contribution in [3.05, 3.63) is 18.0 Å². The van der Waals surface area contributed by atoms with E-state index in [1.54, 1.807) is 0 Å². The Bertz CT molecular complexity index is 418. The molecule has 0 saturated carbocycles. The van der Waals surface area contributed by atoms with Gasteiger partial charge in [-0.3, -0.25) is 9.89 Å². The van der Waals surface area contributed by atoms with Gasteiger partial charge in [0.15, 0.2) is 0 Å². The second-order valence-corrected chi connectivity index (χ2v) is 5.79. The number of halogens is 2. The van der Waals surface area contributed by atoms with Crippen LogP contribution < -0.4 is 5.73 Å². The number of carbonyl (C=O) groups is 1. The summed E-state index contributed by atoms with van der Waals surface area (Å²) in [6, 6.07) is 0. The maximum atomic E-state index is 12.7. The predicted molar refractivity (Wildman–Crippen MR) is 93.7 cm³/mol. The van der Waals surface area contributed by atoms with Gasteiger partial charge in [-0.1, -0.05) is 13.8 Å². The zero-order valence-corrected chi connectivity index (χ0v) is 15.0. The normalized spacial score (nSPS) is 15.9. The van der Waals surface area contributed by atoms with E-state index in [9.17, 15) is 4.79 Å². The molecule has 1 saturated heterocycles. The lowest BCUT2D eigenvalue weighted by atomic mass is 9.80. The number of hydrogen-bond donors (Lipinski definition) is 2. The number of nitrogens with two attached hydrogens (primary N) is 1. The summed E-state index contributed by atoms with van der Waals surface area (Å²) in [5.74, 6) is 0.768. The van der Waals surface area contributed by atoms with E-state index >= 15 is 0 Å². The zero-order valence-electron chi connectivity index (χ0n) is 13.4. The minimum absolute atomic E-state index is 0. The van der Waals surface area contributed by atoms with Crippen LogP contribution in [-0.2, 0) is 4.79 Å². The molecule has 2 heterocycles. The minimum Gasteiger partial charge on any atom is -0.342 e. The molecular weight excluding hydrogens is 323 g/mol. The summed E-state index contributed by atoms with van der Waals surface area (Å²) in [7, 11) is 0. The Morgan fingerprint density at radius 2 is 1.95 bits per heavy atom. The van der Waals surface area contributed by atoms with Gasteiger partial charge in [0.1, 0.15) is 0 Å². The molecule has 5 nitrogen and oxygen atoms in total. The molecule has 0 aliphatic carbocycles. The monoisotopic (exact) mass is 350 g/mol. The standard InChI is InChI=1S/C15H26N4O.2ClH/c1-3-15(4-2,11-16)14(20)19-7-5-12(6-8-19)13-9-17-18-10-13;;/h9-10,12H,3-8,11,16H2,1-2H3,(H,17,18);2*1H. The number of nitrogens with zero attached hydrogens (tertiary/aromatic N) is 2. The van der Waals surface area contributed by atoms with Gasteiger partial charge in [-0.15, -0.1) is 24.8 Å². The lowest BCUT2D eigenvalue weighted by Gasteiger charge is -2.39.